The molecule has 6 aromatic rings. The highest BCUT2D eigenvalue weighted by Gasteiger charge is 2.50. The molecule has 0 radical (unpaired) electrons. The lowest BCUT2D eigenvalue weighted by Crippen LogP contribution is -2.60. The standard InChI is InChI=1S/C55H65FN10O10S2/c1-35(2)42-8-6-7-9-43(42)48-34-62(33-36-10-13-40(74-3)14-11-36)24-25-65(48)39-29-55(30-39)18-22-63(23-19-55)38-12-15-44(49(26-38)76-50-28-45-46(56)32-58-51(45)60-54(50)75-4)53(67)61-78(72,73)41-27-47(66(68)69)52(57-31-41)59-37-16-20-64(21-17-37)77(5,70)71/h6-15,26-28,31-32,35,37,39,48H,16-25,29-30,33-34H2,1-5H3,(H,57,59)(H,58,60)(H,61,67)/t48-/m0/s1. The molecule has 4 fully saturated rings. The first-order valence-electron chi connectivity index (χ1n) is 26.2. The van der Waals surface area contributed by atoms with Crippen LogP contribution in [0.25, 0.3) is 11.0 Å². The van der Waals surface area contributed by atoms with E-state index in [1.54, 1.807) is 19.2 Å². The number of aromatic amines is 1. The van der Waals surface area contributed by atoms with Gasteiger partial charge in [0.1, 0.15) is 27.9 Å². The van der Waals surface area contributed by atoms with Crippen LogP contribution in [0.4, 0.5) is 21.6 Å². The highest BCUT2D eigenvalue weighted by molar-refractivity contribution is 7.90. The maximum Gasteiger partial charge on any atom is 0.312 e. The number of fused-ring (bicyclic) bond motifs is 1. The predicted octanol–water partition coefficient (Wildman–Crippen LogP) is 8.20. The number of nitrogens with one attached hydrogen (secondary N) is 3. The van der Waals surface area contributed by atoms with Gasteiger partial charge in [0, 0.05) is 101 Å². The Kier molecular flexibility index (Phi) is 15.4. The molecule has 10 rings (SSSR count). The molecule has 1 spiro atoms. The van der Waals surface area contributed by atoms with Crippen LogP contribution in [-0.2, 0) is 26.6 Å². The number of hydrogen-bond acceptors (Lipinski definition) is 16. The van der Waals surface area contributed by atoms with Crippen LogP contribution >= 0.6 is 0 Å². The maximum absolute atomic E-state index is 14.9. The number of nitro groups is 1. The van der Waals surface area contributed by atoms with Gasteiger partial charge in [0.05, 0.1) is 42.5 Å². The number of pyridine rings is 2. The molecular weight excluding hydrogens is 1040 g/mol. The quantitative estimate of drug-likeness (QED) is 0.0577. The zero-order valence-electron chi connectivity index (χ0n) is 44.3. The third-order valence-corrected chi connectivity index (χ3v) is 18.7. The average Bonchev–Trinajstić information content (AvgIpc) is 3.85. The molecule has 0 unspecified atom stereocenters. The molecule has 3 N–H and O–H groups in total. The minimum absolute atomic E-state index is 0.0326. The summed E-state index contributed by atoms with van der Waals surface area (Å²) in [7, 11) is -5.17. The minimum atomic E-state index is -4.80. The summed E-state index contributed by atoms with van der Waals surface area (Å²) in [6.07, 6.45) is 7.85. The van der Waals surface area contributed by atoms with Crippen molar-refractivity contribution in [2.75, 3.05) is 76.5 Å². The van der Waals surface area contributed by atoms with E-state index in [1.165, 1.54) is 40.2 Å². The van der Waals surface area contributed by atoms with Crippen LogP contribution in [0.2, 0.25) is 0 Å². The fraction of sp³-hybridized carbons (Fsp3) is 0.436. The molecule has 20 nitrogen and oxygen atoms in total. The van der Waals surface area contributed by atoms with Gasteiger partial charge in [-0.1, -0.05) is 50.2 Å². The number of H-pyrrole nitrogens is 1. The number of hydrogen-bond donors (Lipinski definition) is 3. The summed E-state index contributed by atoms with van der Waals surface area (Å²) in [5, 5.41) is 15.3. The molecule has 23 heteroatoms. The molecule has 3 aliphatic heterocycles. The van der Waals surface area contributed by atoms with Crippen molar-refractivity contribution in [2.45, 2.75) is 87.9 Å². The molecule has 78 heavy (non-hydrogen) atoms. The number of sulfonamides is 2. The van der Waals surface area contributed by atoms with Gasteiger partial charge >= 0.3 is 5.69 Å². The van der Waals surface area contributed by atoms with E-state index in [9.17, 15) is 36.1 Å². The third kappa shape index (κ3) is 11.5. The molecule has 1 amide bonds. The topological polar surface area (TPSA) is 235 Å². The van der Waals surface area contributed by atoms with Crippen LogP contribution in [0.5, 0.6) is 23.1 Å². The monoisotopic (exact) mass is 1110 g/mol. The lowest BCUT2D eigenvalue weighted by Gasteiger charge is -2.58. The van der Waals surface area contributed by atoms with Crippen LogP contribution in [0, 0.1) is 21.3 Å². The molecule has 1 saturated carbocycles. The molecule has 1 atom stereocenters. The molecule has 414 valence electrons. The summed E-state index contributed by atoms with van der Waals surface area (Å²) in [6.45, 7) is 10.1. The van der Waals surface area contributed by atoms with Gasteiger partial charge in [-0.25, -0.2) is 35.2 Å². The van der Waals surface area contributed by atoms with Crippen LogP contribution in [0.15, 0.2) is 96.2 Å². The van der Waals surface area contributed by atoms with Crippen molar-refractivity contribution < 1.29 is 45.2 Å². The van der Waals surface area contributed by atoms with Gasteiger partial charge in [-0.2, -0.15) is 4.98 Å². The van der Waals surface area contributed by atoms with Crippen molar-refractivity contribution in [3.8, 4) is 23.1 Å². The lowest BCUT2D eigenvalue weighted by molar-refractivity contribution is -0.384. The zero-order chi connectivity index (χ0) is 55.1. The van der Waals surface area contributed by atoms with Gasteiger partial charge in [-0.3, -0.25) is 24.7 Å². The number of ether oxygens (including phenoxy) is 3. The Labute approximate surface area is 453 Å². The smallest absolute Gasteiger partial charge is 0.312 e. The Morgan fingerprint density at radius 3 is 2.33 bits per heavy atom. The zero-order valence-corrected chi connectivity index (χ0v) is 45.9. The molecule has 6 heterocycles. The number of piperidine rings is 2. The Morgan fingerprint density at radius 2 is 1.65 bits per heavy atom. The number of halogens is 1. The molecular formula is C55H65FN10O10S2. The minimum Gasteiger partial charge on any atom is -0.497 e. The molecule has 4 aliphatic rings. The fourth-order valence-corrected chi connectivity index (χ4v) is 13.6. The Morgan fingerprint density at radius 1 is 0.923 bits per heavy atom. The molecule has 1 aliphatic carbocycles. The second-order valence-electron chi connectivity index (χ2n) is 21.3. The normalized spacial score (nSPS) is 19.0. The first-order chi connectivity index (χ1) is 37.3. The van der Waals surface area contributed by atoms with E-state index < -0.39 is 47.3 Å². The molecule has 3 aromatic heterocycles. The van der Waals surface area contributed by atoms with E-state index in [-0.39, 0.29) is 70.4 Å². The van der Waals surface area contributed by atoms with Gasteiger partial charge in [0.15, 0.2) is 5.75 Å². The summed E-state index contributed by atoms with van der Waals surface area (Å²) in [5.74, 6) is -0.856. The van der Waals surface area contributed by atoms with Crippen molar-refractivity contribution in [1.82, 2.24) is 33.8 Å². The van der Waals surface area contributed by atoms with Gasteiger partial charge < -0.3 is 29.4 Å². The molecule has 3 aromatic carbocycles. The predicted molar refractivity (Wildman–Crippen MR) is 293 cm³/mol. The summed E-state index contributed by atoms with van der Waals surface area (Å²) >= 11 is 0. The average molecular weight is 1110 g/mol. The number of amides is 1. The van der Waals surface area contributed by atoms with Gasteiger partial charge in [0.25, 0.3) is 21.8 Å². The summed E-state index contributed by atoms with van der Waals surface area (Å²) < 4.78 is 87.4. The van der Waals surface area contributed by atoms with E-state index in [0.29, 0.717) is 43.6 Å². The van der Waals surface area contributed by atoms with Crippen molar-refractivity contribution in [1.29, 1.82) is 0 Å². The summed E-state index contributed by atoms with van der Waals surface area (Å²) in [5.41, 5.74) is 4.22. The first kappa shape index (κ1) is 54.4. The number of anilines is 2. The first-order valence-corrected chi connectivity index (χ1v) is 29.5. The Bertz CT molecular complexity index is 3430. The van der Waals surface area contributed by atoms with Crippen LogP contribution in [0.1, 0.15) is 91.4 Å². The lowest BCUT2D eigenvalue weighted by atomic mass is 9.59. The van der Waals surface area contributed by atoms with E-state index >= 15 is 0 Å². The number of nitrogens with zero attached hydrogens (tertiary/aromatic N) is 7. The number of carbonyl (C=O) groups is 1. The highest BCUT2D eigenvalue weighted by Crippen LogP contribution is 2.53. The van der Waals surface area contributed by atoms with E-state index in [2.05, 4.69) is 85.2 Å². The van der Waals surface area contributed by atoms with Crippen LogP contribution in [-0.4, -0.2) is 135 Å². The number of aromatic nitrogens is 3. The highest BCUT2D eigenvalue weighted by atomic mass is 32.2. The largest absolute Gasteiger partial charge is 0.497 e. The van der Waals surface area contributed by atoms with Crippen molar-refractivity contribution in [3.63, 3.8) is 0 Å². The van der Waals surface area contributed by atoms with E-state index in [1.807, 2.05) is 16.9 Å². The fourth-order valence-electron chi connectivity index (χ4n) is 11.8. The SMILES string of the molecule is COc1ccc(CN2CCN(C3CC4(CCN(c5ccc(C(=O)NS(=O)(=O)c6cnc(NC7CCN(S(C)(=O)=O)CC7)c([N+](=O)[O-])c6)c(Oc6cc7c(F)c[nH]c7nc6OC)c5)CC4)C3)[C@H](c3ccccc3C(C)C)C2)cc1. The molecule has 3 saturated heterocycles. The second-order valence-corrected chi connectivity index (χ2v) is 25.0. The number of rotatable bonds is 17. The van der Waals surface area contributed by atoms with Crippen LogP contribution < -0.4 is 29.1 Å². The Balaban J connectivity index is 0.859. The van der Waals surface area contributed by atoms with Crippen molar-refractivity contribution in [3.05, 3.63) is 129 Å². The molecule has 0 bridgehead atoms. The van der Waals surface area contributed by atoms with E-state index in [4.69, 9.17) is 14.2 Å². The maximum atomic E-state index is 14.9. The number of carbonyl (C=O) groups excluding carboxylic acids is 1. The van der Waals surface area contributed by atoms with Gasteiger partial charge in [0.2, 0.25) is 15.8 Å². The number of piperazine rings is 1. The van der Waals surface area contributed by atoms with Crippen LogP contribution in [0.3, 0.4) is 0 Å². The van der Waals surface area contributed by atoms with Gasteiger partial charge in [-0.05, 0) is 90.8 Å². The number of methoxy groups -OCH3 is 2. The van der Waals surface area contributed by atoms with Crippen molar-refractivity contribution >= 4 is 54.2 Å². The number of benzene rings is 3. The van der Waals surface area contributed by atoms with E-state index in [0.717, 1.165) is 82.3 Å². The Hall–Kier alpha value is -6.92. The summed E-state index contributed by atoms with van der Waals surface area (Å²) in [4.78, 5) is 43.8. The second kappa shape index (κ2) is 22.1. The summed E-state index contributed by atoms with van der Waals surface area (Å²) in [6, 6.07) is 24.5. The third-order valence-electron chi connectivity index (χ3n) is 16.1. The van der Waals surface area contributed by atoms with Crippen molar-refractivity contribution in [2.24, 2.45) is 5.41 Å². The van der Waals surface area contributed by atoms with Gasteiger partial charge in [-0.15, -0.1) is 0 Å².